The molecule has 3 heteroatoms. The molecule has 2 rings (SSSR count). The fraction of sp³-hybridized carbons (Fsp3) is 0.435. The Labute approximate surface area is 210 Å². The Balaban J connectivity index is 0. The zero-order valence-corrected chi connectivity index (χ0v) is 24.1. The van der Waals surface area contributed by atoms with E-state index in [0.717, 1.165) is 0 Å². The Kier molecular flexibility index (Phi) is 12.5. The van der Waals surface area contributed by atoms with E-state index in [1.165, 1.54) is 22.3 Å². The topological polar surface area (TPSA) is 0 Å². The zero-order valence-electron chi connectivity index (χ0n) is 17.9. The van der Waals surface area contributed by atoms with Crippen LogP contribution in [-0.2, 0) is 20.4 Å². The molecule has 0 aromatic heterocycles. The Bertz CT molecular complexity index is 682. The van der Waals surface area contributed by atoms with Crippen molar-refractivity contribution < 1.29 is 61.7 Å². The fourth-order valence-corrected chi connectivity index (χ4v) is 8.50. The summed E-state index contributed by atoms with van der Waals surface area (Å²) in [6, 6.07) is 16.9. The third-order valence-electron chi connectivity index (χ3n) is 4.25. The van der Waals surface area contributed by atoms with E-state index in [9.17, 15) is 0 Å². The van der Waals surface area contributed by atoms with Gasteiger partial charge in [0, 0.05) is 69.6 Å². The van der Waals surface area contributed by atoms with E-state index in [0.29, 0.717) is 10.3 Å². The fourth-order valence-electron chi connectivity index (χ4n) is 3.90. The van der Waals surface area contributed by atoms with Crippen molar-refractivity contribution >= 4 is 13.2 Å². The molecule has 0 saturated heterocycles. The Morgan fingerprint density at radius 1 is 0.885 bits per heavy atom. The molecule has 0 atom stereocenters. The van der Waals surface area contributed by atoms with Crippen LogP contribution in [0.15, 0.2) is 36.4 Å². The predicted molar refractivity (Wildman–Crippen MR) is 114 cm³/mol. The van der Waals surface area contributed by atoms with Crippen molar-refractivity contribution in [3.05, 3.63) is 61.0 Å². The second-order valence-electron chi connectivity index (χ2n) is 8.66. The van der Waals surface area contributed by atoms with Crippen molar-refractivity contribution in [3.8, 4) is 11.1 Å². The van der Waals surface area contributed by atoms with E-state index in [4.69, 9.17) is 0 Å². The van der Waals surface area contributed by atoms with E-state index < -0.39 is 7.92 Å². The summed E-state index contributed by atoms with van der Waals surface area (Å²) in [5, 5.41) is 2.15. The second kappa shape index (κ2) is 11.2. The molecule has 0 N–H and O–H groups in total. The van der Waals surface area contributed by atoms with E-state index in [1.807, 2.05) is 0 Å². The van der Waals surface area contributed by atoms with Gasteiger partial charge in [-0.1, -0.05) is 37.6 Å². The van der Waals surface area contributed by atoms with Crippen LogP contribution in [0.2, 0.25) is 0 Å². The first-order valence-electron chi connectivity index (χ1n) is 8.48. The average molecular weight is 589 g/mol. The molecule has 0 amide bonds. The molecule has 0 saturated carbocycles. The molecule has 0 bridgehead atoms. The summed E-state index contributed by atoms with van der Waals surface area (Å²) in [4.78, 5) is 0. The van der Waals surface area contributed by atoms with E-state index in [1.54, 1.807) is 5.30 Å². The number of benzene rings is 2. The van der Waals surface area contributed by atoms with Crippen molar-refractivity contribution in [2.45, 2.75) is 65.7 Å². The Morgan fingerprint density at radius 3 is 1.85 bits per heavy atom. The summed E-state index contributed by atoms with van der Waals surface area (Å²) in [6.07, 6.45) is 0. The van der Waals surface area contributed by atoms with Crippen molar-refractivity contribution in [2.24, 2.45) is 0 Å². The molecular weight excluding hydrogens is 555 g/mol. The van der Waals surface area contributed by atoms with Gasteiger partial charge in [0.05, 0.1) is 15.6 Å². The van der Waals surface area contributed by atoms with Crippen molar-refractivity contribution in [1.29, 1.82) is 0 Å². The number of rotatable bonds is 2. The van der Waals surface area contributed by atoms with Gasteiger partial charge in [-0.25, -0.2) is 0 Å². The zero-order chi connectivity index (χ0) is 17.4. The van der Waals surface area contributed by atoms with Gasteiger partial charge in [-0.15, -0.1) is 34.9 Å². The van der Waals surface area contributed by atoms with Gasteiger partial charge in [0.25, 0.3) is 0 Å². The SMILES string of the molecule is Cc1c[c-]c(-c2ccccc2[PH+](C(C)(C)C)C(C)(C)C)c(C)c1.[CH3-].[Pd].[Pr]. The Morgan fingerprint density at radius 2 is 1.38 bits per heavy atom. The van der Waals surface area contributed by atoms with Crippen LogP contribution >= 0.6 is 7.92 Å². The van der Waals surface area contributed by atoms with Gasteiger partial charge in [0.2, 0.25) is 0 Å². The molecule has 0 heterocycles. The molecule has 2 aromatic carbocycles. The molecule has 0 aliphatic heterocycles. The standard InChI is InChI=1S/C22H30P.CH3.Pd.Pr/c1-16-13-14-18(17(2)15-16)19-11-9-10-12-20(19)23(21(3,4)5)22(6,7)8;;;/h9-13,15H,1-8H3;1H3;;/q2*-1;;/p+1. The van der Waals surface area contributed by atoms with Crippen LogP contribution in [0.5, 0.6) is 0 Å². The molecule has 2 aromatic rings. The quantitative estimate of drug-likeness (QED) is 0.209. The Hall–Kier alpha value is 0.896. The van der Waals surface area contributed by atoms with Crippen molar-refractivity contribution in [1.82, 2.24) is 0 Å². The normalized spacial score (nSPS) is 11.3. The van der Waals surface area contributed by atoms with E-state index >= 15 is 0 Å². The van der Waals surface area contributed by atoms with E-state index in [-0.39, 0.29) is 69.1 Å². The van der Waals surface area contributed by atoms with Crippen molar-refractivity contribution in [2.75, 3.05) is 0 Å². The van der Waals surface area contributed by atoms with Gasteiger partial charge in [-0.05, 0) is 47.6 Å². The number of hydrogen-bond acceptors (Lipinski definition) is 0. The molecule has 0 aliphatic rings. The van der Waals surface area contributed by atoms with Crippen LogP contribution in [0, 0.1) is 68.6 Å². The maximum absolute atomic E-state index is 3.54. The van der Waals surface area contributed by atoms with Gasteiger partial charge in [0.15, 0.2) is 0 Å². The maximum atomic E-state index is 3.54. The van der Waals surface area contributed by atoms with Gasteiger partial charge < -0.3 is 7.43 Å². The first-order valence-corrected chi connectivity index (χ1v) is 9.98. The summed E-state index contributed by atoms with van der Waals surface area (Å²) >= 11 is 0. The largest absolute Gasteiger partial charge is 0.358 e. The minimum Gasteiger partial charge on any atom is -0.358 e. The van der Waals surface area contributed by atoms with Crippen molar-refractivity contribution in [3.63, 3.8) is 0 Å². The molecule has 0 nitrogen and oxygen atoms in total. The monoisotopic (exact) mass is 588 g/mol. The smallest absolute Gasteiger partial charge is 0.0737 e. The predicted octanol–water partition coefficient (Wildman–Crippen LogP) is 6.65. The minimum absolute atomic E-state index is 0. The van der Waals surface area contributed by atoms with Gasteiger partial charge in [-0.3, -0.25) is 0 Å². The molecule has 26 heavy (non-hydrogen) atoms. The number of hydrogen-bond donors (Lipinski definition) is 0. The van der Waals surface area contributed by atoms with Crippen LogP contribution in [0.3, 0.4) is 0 Å². The second-order valence-corrected chi connectivity index (χ2v) is 12.9. The number of aryl methyl sites for hydroxylation is 2. The molecule has 145 valence electrons. The third kappa shape index (κ3) is 7.05. The maximum Gasteiger partial charge on any atom is 0.0737 e. The summed E-state index contributed by atoms with van der Waals surface area (Å²) in [6.45, 7) is 18.7. The van der Waals surface area contributed by atoms with Crippen LogP contribution in [0.25, 0.3) is 11.1 Å². The molecule has 1 radical (unpaired) electrons. The average Bonchev–Trinajstić information content (AvgIpc) is 2.36. The molecule has 0 spiro atoms. The summed E-state index contributed by atoms with van der Waals surface area (Å²) in [5.74, 6) is 0. The van der Waals surface area contributed by atoms with Crippen LogP contribution in [-0.4, -0.2) is 10.3 Å². The molecule has 0 fully saturated rings. The van der Waals surface area contributed by atoms with Gasteiger partial charge in [0.1, 0.15) is 0 Å². The molecule has 0 aliphatic carbocycles. The van der Waals surface area contributed by atoms with Crippen LogP contribution in [0.4, 0.5) is 0 Å². The summed E-state index contributed by atoms with van der Waals surface area (Å²) in [5.41, 5.74) is 5.24. The van der Waals surface area contributed by atoms with Crippen LogP contribution in [0.1, 0.15) is 52.7 Å². The van der Waals surface area contributed by atoms with E-state index in [2.05, 4.69) is 97.9 Å². The first kappa shape index (κ1) is 29.1. The molecular formula is C23H34PPdPr-. The first-order chi connectivity index (χ1) is 10.5. The summed E-state index contributed by atoms with van der Waals surface area (Å²) < 4.78 is 0. The molecule has 0 unspecified atom stereocenters. The van der Waals surface area contributed by atoms with Gasteiger partial charge >= 0.3 is 0 Å². The minimum atomic E-state index is -0.777. The van der Waals surface area contributed by atoms with Crippen LogP contribution < -0.4 is 5.30 Å². The third-order valence-corrected chi connectivity index (χ3v) is 8.22. The summed E-state index contributed by atoms with van der Waals surface area (Å²) in [7, 11) is -0.777. The van der Waals surface area contributed by atoms with Gasteiger partial charge in [-0.2, -0.15) is 0 Å².